The summed E-state index contributed by atoms with van der Waals surface area (Å²) in [5.74, 6) is 0.268. The van der Waals surface area contributed by atoms with Gasteiger partial charge in [-0.05, 0) is 23.6 Å². The second kappa shape index (κ2) is 7.07. The first-order valence-corrected chi connectivity index (χ1v) is 6.68. The van der Waals surface area contributed by atoms with E-state index < -0.39 is 0 Å². The van der Waals surface area contributed by atoms with Crippen molar-refractivity contribution in [1.82, 2.24) is 0 Å². The Morgan fingerprint density at radius 3 is 2.37 bits per heavy atom. The lowest BCUT2D eigenvalue weighted by Crippen LogP contribution is -2.19. The maximum atomic E-state index is 5.87. The summed E-state index contributed by atoms with van der Waals surface area (Å²) < 4.78 is 5.80. The molecule has 0 amide bonds. The number of aryl methyl sites for hydroxylation is 1. The van der Waals surface area contributed by atoms with Crippen LogP contribution >= 0.6 is 0 Å². The second-order valence-electron chi connectivity index (χ2n) is 4.79. The molecule has 0 aliphatic rings. The van der Waals surface area contributed by atoms with Gasteiger partial charge in [0.15, 0.2) is 0 Å². The SMILES string of the molecule is Cc1ccccc1C(CN)COCc1ccccc1. The van der Waals surface area contributed by atoms with Crippen molar-refractivity contribution in [2.24, 2.45) is 5.73 Å². The van der Waals surface area contributed by atoms with Crippen LogP contribution in [0.25, 0.3) is 0 Å². The average molecular weight is 255 g/mol. The van der Waals surface area contributed by atoms with E-state index in [1.54, 1.807) is 0 Å². The van der Waals surface area contributed by atoms with Gasteiger partial charge in [0.25, 0.3) is 0 Å². The zero-order chi connectivity index (χ0) is 13.5. The van der Waals surface area contributed by atoms with E-state index in [1.807, 2.05) is 18.2 Å². The maximum Gasteiger partial charge on any atom is 0.0717 e. The molecular weight excluding hydrogens is 234 g/mol. The lowest BCUT2D eigenvalue weighted by Gasteiger charge is -2.17. The summed E-state index contributed by atoms with van der Waals surface area (Å²) in [6, 6.07) is 18.6. The minimum Gasteiger partial charge on any atom is -0.376 e. The van der Waals surface area contributed by atoms with E-state index in [4.69, 9.17) is 10.5 Å². The number of rotatable bonds is 6. The summed E-state index contributed by atoms with van der Waals surface area (Å²) in [7, 11) is 0. The Morgan fingerprint density at radius 1 is 1.00 bits per heavy atom. The summed E-state index contributed by atoms with van der Waals surface area (Å²) in [5, 5.41) is 0. The highest BCUT2D eigenvalue weighted by atomic mass is 16.5. The van der Waals surface area contributed by atoms with Crippen LogP contribution in [0.15, 0.2) is 54.6 Å². The molecule has 2 nitrogen and oxygen atoms in total. The molecule has 0 aliphatic carbocycles. The molecule has 0 bridgehead atoms. The predicted molar refractivity (Wildman–Crippen MR) is 79.1 cm³/mol. The molecule has 0 heterocycles. The van der Waals surface area contributed by atoms with Crippen LogP contribution in [0.5, 0.6) is 0 Å². The third-order valence-corrected chi connectivity index (χ3v) is 3.34. The summed E-state index contributed by atoms with van der Waals surface area (Å²) in [6.45, 7) is 4.04. The molecular formula is C17H21NO. The normalized spacial score (nSPS) is 12.3. The standard InChI is InChI=1S/C17H21NO/c1-14-7-5-6-10-17(14)16(11-18)13-19-12-15-8-3-2-4-9-15/h2-10,16H,11-13,18H2,1H3. The molecule has 0 aromatic heterocycles. The third kappa shape index (κ3) is 3.91. The maximum absolute atomic E-state index is 5.87. The molecule has 2 aromatic carbocycles. The number of nitrogens with two attached hydrogens (primary N) is 1. The minimum absolute atomic E-state index is 0.268. The molecule has 0 saturated heterocycles. The largest absolute Gasteiger partial charge is 0.376 e. The Hall–Kier alpha value is -1.64. The van der Waals surface area contributed by atoms with Crippen LogP contribution in [0, 0.1) is 6.92 Å². The van der Waals surface area contributed by atoms with Crippen molar-refractivity contribution in [3.8, 4) is 0 Å². The van der Waals surface area contributed by atoms with Gasteiger partial charge in [0.2, 0.25) is 0 Å². The van der Waals surface area contributed by atoms with Gasteiger partial charge in [-0.25, -0.2) is 0 Å². The molecule has 19 heavy (non-hydrogen) atoms. The lowest BCUT2D eigenvalue weighted by atomic mass is 9.96. The Labute approximate surface area is 115 Å². The van der Waals surface area contributed by atoms with E-state index in [1.165, 1.54) is 16.7 Å². The van der Waals surface area contributed by atoms with Crippen LogP contribution in [-0.4, -0.2) is 13.2 Å². The Morgan fingerprint density at radius 2 is 1.68 bits per heavy atom. The van der Waals surface area contributed by atoms with Crippen molar-refractivity contribution >= 4 is 0 Å². The Balaban J connectivity index is 1.92. The highest BCUT2D eigenvalue weighted by molar-refractivity contribution is 5.29. The number of hydrogen-bond acceptors (Lipinski definition) is 2. The highest BCUT2D eigenvalue weighted by Gasteiger charge is 2.11. The number of hydrogen-bond donors (Lipinski definition) is 1. The van der Waals surface area contributed by atoms with Crippen molar-refractivity contribution in [3.05, 3.63) is 71.3 Å². The van der Waals surface area contributed by atoms with Crippen LogP contribution in [0.2, 0.25) is 0 Å². The van der Waals surface area contributed by atoms with Crippen LogP contribution < -0.4 is 5.73 Å². The first-order valence-electron chi connectivity index (χ1n) is 6.68. The third-order valence-electron chi connectivity index (χ3n) is 3.34. The van der Waals surface area contributed by atoms with Crippen LogP contribution in [0.3, 0.4) is 0 Å². The van der Waals surface area contributed by atoms with Crippen LogP contribution in [0.1, 0.15) is 22.6 Å². The molecule has 2 rings (SSSR count). The van der Waals surface area contributed by atoms with Gasteiger partial charge in [-0.3, -0.25) is 0 Å². The Bertz CT molecular complexity index is 496. The number of ether oxygens (including phenoxy) is 1. The molecule has 1 unspecified atom stereocenters. The van der Waals surface area contributed by atoms with Gasteiger partial charge >= 0.3 is 0 Å². The summed E-state index contributed by atoms with van der Waals surface area (Å²) in [4.78, 5) is 0. The average Bonchev–Trinajstić information content (AvgIpc) is 2.46. The smallest absolute Gasteiger partial charge is 0.0717 e. The molecule has 0 radical (unpaired) electrons. The molecule has 0 fully saturated rings. The van der Waals surface area contributed by atoms with E-state index in [0.717, 1.165) is 0 Å². The van der Waals surface area contributed by atoms with Crippen molar-refractivity contribution in [1.29, 1.82) is 0 Å². The molecule has 1 atom stereocenters. The monoisotopic (exact) mass is 255 g/mol. The first-order chi connectivity index (χ1) is 9.31. The molecule has 0 saturated carbocycles. The Kier molecular flexibility index (Phi) is 5.13. The van der Waals surface area contributed by atoms with Crippen molar-refractivity contribution in [2.75, 3.05) is 13.2 Å². The predicted octanol–water partition coefficient (Wildman–Crippen LogP) is 3.25. The topological polar surface area (TPSA) is 35.2 Å². The van der Waals surface area contributed by atoms with Gasteiger partial charge in [0.1, 0.15) is 0 Å². The van der Waals surface area contributed by atoms with E-state index in [9.17, 15) is 0 Å². The summed E-state index contributed by atoms with van der Waals surface area (Å²) in [5.41, 5.74) is 9.64. The molecule has 2 aromatic rings. The summed E-state index contributed by atoms with van der Waals surface area (Å²) in [6.07, 6.45) is 0. The fourth-order valence-electron chi connectivity index (χ4n) is 2.22. The zero-order valence-electron chi connectivity index (χ0n) is 11.4. The molecule has 2 heteroatoms. The van der Waals surface area contributed by atoms with Gasteiger partial charge in [0.05, 0.1) is 13.2 Å². The quantitative estimate of drug-likeness (QED) is 0.860. The second-order valence-corrected chi connectivity index (χ2v) is 4.79. The fourth-order valence-corrected chi connectivity index (χ4v) is 2.22. The van der Waals surface area contributed by atoms with E-state index in [2.05, 4.69) is 43.3 Å². The van der Waals surface area contributed by atoms with Gasteiger partial charge in [0, 0.05) is 12.5 Å². The van der Waals surface area contributed by atoms with Crippen molar-refractivity contribution in [3.63, 3.8) is 0 Å². The zero-order valence-corrected chi connectivity index (χ0v) is 11.4. The van der Waals surface area contributed by atoms with Crippen LogP contribution in [0.4, 0.5) is 0 Å². The lowest BCUT2D eigenvalue weighted by molar-refractivity contribution is 0.108. The molecule has 100 valence electrons. The number of benzene rings is 2. The minimum atomic E-state index is 0.268. The van der Waals surface area contributed by atoms with Crippen molar-refractivity contribution in [2.45, 2.75) is 19.4 Å². The van der Waals surface area contributed by atoms with Gasteiger partial charge < -0.3 is 10.5 Å². The van der Waals surface area contributed by atoms with Gasteiger partial charge in [-0.15, -0.1) is 0 Å². The first kappa shape index (κ1) is 13.8. The van der Waals surface area contributed by atoms with E-state index in [-0.39, 0.29) is 5.92 Å². The van der Waals surface area contributed by atoms with Gasteiger partial charge in [-0.2, -0.15) is 0 Å². The molecule has 2 N–H and O–H groups in total. The van der Waals surface area contributed by atoms with Crippen molar-refractivity contribution < 1.29 is 4.74 Å². The van der Waals surface area contributed by atoms with E-state index in [0.29, 0.717) is 19.8 Å². The van der Waals surface area contributed by atoms with E-state index >= 15 is 0 Å². The van der Waals surface area contributed by atoms with Gasteiger partial charge in [-0.1, -0.05) is 54.6 Å². The van der Waals surface area contributed by atoms with Crippen LogP contribution in [-0.2, 0) is 11.3 Å². The summed E-state index contributed by atoms with van der Waals surface area (Å²) >= 11 is 0. The molecule has 0 spiro atoms. The fraction of sp³-hybridized carbons (Fsp3) is 0.294. The molecule has 0 aliphatic heterocycles. The highest BCUT2D eigenvalue weighted by Crippen LogP contribution is 2.19.